The van der Waals surface area contributed by atoms with Crippen molar-refractivity contribution in [2.45, 2.75) is 57.0 Å². The van der Waals surface area contributed by atoms with Crippen LogP contribution in [0, 0.1) is 0 Å². The van der Waals surface area contributed by atoms with Crippen LogP contribution in [0.4, 0.5) is 0 Å². The van der Waals surface area contributed by atoms with E-state index in [1.807, 2.05) is 23.1 Å². The molecule has 5 heteroatoms. The van der Waals surface area contributed by atoms with E-state index in [-0.39, 0.29) is 5.91 Å². The van der Waals surface area contributed by atoms with Gasteiger partial charge in [0.15, 0.2) is 0 Å². The summed E-state index contributed by atoms with van der Waals surface area (Å²) in [6.07, 6.45) is 7.97. The molecule has 0 radical (unpaired) electrons. The van der Waals surface area contributed by atoms with E-state index in [0.717, 1.165) is 53.1 Å². The summed E-state index contributed by atoms with van der Waals surface area (Å²) in [6, 6.07) is 6.75. The molecule has 26 heavy (non-hydrogen) atoms. The maximum Gasteiger partial charge on any atom is 0.254 e. The third-order valence-corrected chi connectivity index (χ3v) is 6.62. The molecule has 0 saturated carbocycles. The molecule has 2 bridgehead atoms. The number of halogens is 1. The molecule has 3 aliphatic rings. The van der Waals surface area contributed by atoms with Crippen molar-refractivity contribution in [1.82, 2.24) is 15.2 Å². The van der Waals surface area contributed by atoms with E-state index in [1.165, 1.54) is 37.7 Å². The van der Waals surface area contributed by atoms with Crippen LogP contribution in [0.3, 0.4) is 0 Å². The molecule has 2 aromatic rings. The maximum absolute atomic E-state index is 13.1. The van der Waals surface area contributed by atoms with Crippen molar-refractivity contribution in [3.63, 3.8) is 0 Å². The second kappa shape index (κ2) is 6.50. The minimum Gasteiger partial charge on any atom is -0.336 e. The van der Waals surface area contributed by atoms with Gasteiger partial charge in [0, 0.05) is 41.8 Å². The first-order valence-corrected chi connectivity index (χ1v) is 10.2. The number of carbonyl (C=O) groups is 1. The Morgan fingerprint density at radius 2 is 1.88 bits per heavy atom. The average Bonchev–Trinajstić information content (AvgIpc) is 2.67. The highest BCUT2D eigenvalue weighted by atomic mass is 35.5. The number of piperidine rings is 1. The highest BCUT2D eigenvalue weighted by Gasteiger charge is 2.32. The van der Waals surface area contributed by atoms with E-state index in [4.69, 9.17) is 16.6 Å². The summed E-state index contributed by atoms with van der Waals surface area (Å²) < 4.78 is 0. The molecule has 2 unspecified atom stereocenters. The SMILES string of the molecule is O=C(c1ccc2c(Cl)c3c(nc2c1)CCCC3)N1CC2CCCC(C1)N2. The van der Waals surface area contributed by atoms with Crippen LogP contribution in [-0.2, 0) is 12.8 Å². The van der Waals surface area contributed by atoms with Gasteiger partial charge in [-0.25, -0.2) is 0 Å². The highest BCUT2D eigenvalue weighted by Crippen LogP contribution is 2.33. The summed E-state index contributed by atoms with van der Waals surface area (Å²) in [5.74, 6) is 0.126. The van der Waals surface area contributed by atoms with Gasteiger partial charge < -0.3 is 10.2 Å². The molecule has 1 amide bonds. The van der Waals surface area contributed by atoms with Crippen LogP contribution in [0.15, 0.2) is 18.2 Å². The predicted octanol–water partition coefficient (Wildman–Crippen LogP) is 3.73. The molecule has 1 aromatic heterocycles. The van der Waals surface area contributed by atoms with Crippen LogP contribution < -0.4 is 5.32 Å². The lowest BCUT2D eigenvalue weighted by molar-refractivity contribution is 0.0608. The quantitative estimate of drug-likeness (QED) is 0.833. The minimum absolute atomic E-state index is 0.126. The van der Waals surface area contributed by atoms with Gasteiger partial charge in [0.2, 0.25) is 0 Å². The van der Waals surface area contributed by atoms with Crippen molar-refractivity contribution in [1.29, 1.82) is 0 Å². The van der Waals surface area contributed by atoms with E-state index in [0.29, 0.717) is 12.1 Å². The molecule has 2 atom stereocenters. The lowest BCUT2D eigenvalue weighted by atomic mass is 9.93. The molecule has 2 fully saturated rings. The van der Waals surface area contributed by atoms with E-state index < -0.39 is 0 Å². The van der Waals surface area contributed by atoms with Gasteiger partial charge in [-0.05, 0) is 56.2 Å². The molecular formula is C21H24ClN3O. The Morgan fingerprint density at radius 1 is 1.12 bits per heavy atom. The lowest BCUT2D eigenvalue weighted by Crippen LogP contribution is -2.59. The Hall–Kier alpha value is -1.65. The fourth-order valence-electron chi connectivity index (χ4n) is 4.85. The number of fused-ring (bicyclic) bond motifs is 4. The van der Waals surface area contributed by atoms with Crippen molar-refractivity contribution >= 4 is 28.4 Å². The number of nitrogens with one attached hydrogen (secondary N) is 1. The molecule has 1 N–H and O–H groups in total. The Labute approximate surface area is 158 Å². The first-order chi connectivity index (χ1) is 12.7. The van der Waals surface area contributed by atoms with Gasteiger partial charge in [0.25, 0.3) is 5.91 Å². The van der Waals surface area contributed by atoms with Gasteiger partial charge in [0.1, 0.15) is 0 Å². The molecular weight excluding hydrogens is 346 g/mol. The third-order valence-electron chi connectivity index (χ3n) is 6.19. The van der Waals surface area contributed by atoms with Crippen molar-refractivity contribution in [3.8, 4) is 0 Å². The van der Waals surface area contributed by atoms with Gasteiger partial charge in [-0.3, -0.25) is 9.78 Å². The van der Waals surface area contributed by atoms with Gasteiger partial charge in [0.05, 0.1) is 10.5 Å². The molecule has 4 nitrogen and oxygen atoms in total. The van der Waals surface area contributed by atoms with Gasteiger partial charge in [-0.1, -0.05) is 24.1 Å². The largest absolute Gasteiger partial charge is 0.336 e. The van der Waals surface area contributed by atoms with Gasteiger partial charge in [-0.15, -0.1) is 0 Å². The number of aromatic nitrogens is 1. The number of carbonyl (C=O) groups excluding carboxylic acids is 1. The van der Waals surface area contributed by atoms with E-state index >= 15 is 0 Å². The number of benzene rings is 1. The maximum atomic E-state index is 13.1. The zero-order valence-corrected chi connectivity index (χ0v) is 15.7. The van der Waals surface area contributed by atoms with E-state index in [1.54, 1.807) is 0 Å². The zero-order chi connectivity index (χ0) is 17.7. The van der Waals surface area contributed by atoms with E-state index in [9.17, 15) is 4.79 Å². The highest BCUT2D eigenvalue weighted by molar-refractivity contribution is 6.36. The van der Waals surface area contributed by atoms with Crippen LogP contribution in [0.2, 0.25) is 5.02 Å². The molecule has 136 valence electrons. The summed E-state index contributed by atoms with van der Waals surface area (Å²) in [7, 11) is 0. The minimum atomic E-state index is 0.126. The Morgan fingerprint density at radius 3 is 2.69 bits per heavy atom. The molecule has 3 heterocycles. The smallest absolute Gasteiger partial charge is 0.254 e. The number of hydrogen-bond donors (Lipinski definition) is 1. The molecule has 5 rings (SSSR count). The summed E-state index contributed by atoms with van der Waals surface area (Å²) in [4.78, 5) is 20.0. The molecule has 2 aliphatic heterocycles. The first kappa shape index (κ1) is 16.5. The zero-order valence-electron chi connectivity index (χ0n) is 14.9. The fraction of sp³-hybridized carbons (Fsp3) is 0.524. The van der Waals surface area contributed by atoms with Crippen LogP contribution in [0.1, 0.15) is 53.7 Å². The second-order valence-corrected chi connectivity index (χ2v) is 8.37. The molecule has 1 aliphatic carbocycles. The fourth-order valence-corrected chi connectivity index (χ4v) is 5.22. The molecule has 0 spiro atoms. The average molecular weight is 370 g/mol. The first-order valence-electron chi connectivity index (χ1n) is 9.85. The van der Waals surface area contributed by atoms with Crippen molar-refractivity contribution < 1.29 is 4.79 Å². The van der Waals surface area contributed by atoms with Crippen LogP contribution >= 0.6 is 11.6 Å². The van der Waals surface area contributed by atoms with E-state index in [2.05, 4.69) is 5.32 Å². The van der Waals surface area contributed by atoms with Crippen LogP contribution in [0.25, 0.3) is 10.9 Å². The summed E-state index contributed by atoms with van der Waals surface area (Å²) in [5.41, 5.74) is 3.92. The number of pyridine rings is 1. The Balaban J connectivity index is 1.48. The Kier molecular flexibility index (Phi) is 4.13. The number of piperazine rings is 1. The number of nitrogens with zero attached hydrogens (tertiary/aromatic N) is 2. The summed E-state index contributed by atoms with van der Waals surface area (Å²) in [5, 5.41) is 5.44. The Bertz CT molecular complexity index is 869. The van der Waals surface area contributed by atoms with Gasteiger partial charge in [-0.2, -0.15) is 0 Å². The van der Waals surface area contributed by atoms with Crippen LogP contribution in [-0.4, -0.2) is 41.0 Å². The molecule has 1 aromatic carbocycles. The number of amides is 1. The number of aryl methyl sites for hydroxylation is 1. The number of rotatable bonds is 1. The lowest BCUT2D eigenvalue weighted by Gasteiger charge is -2.42. The van der Waals surface area contributed by atoms with Gasteiger partial charge >= 0.3 is 0 Å². The normalized spacial score (nSPS) is 25.2. The monoisotopic (exact) mass is 369 g/mol. The van der Waals surface area contributed by atoms with Crippen molar-refractivity contribution in [2.75, 3.05) is 13.1 Å². The number of likely N-dealkylation sites (tertiary alicyclic amines) is 1. The van der Waals surface area contributed by atoms with Crippen LogP contribution in [0.5, 0.6) is 0 Å². The second-order valence-electron chi connectivity index (χ2n) is 7.99. The summed E-state index contributed by atoms with van der Waals surface area (Å²) in [6.45, 7) is 1.62. The van der Waals surface area contributed by atoms with Crippen molar-refractivity contribution in [3.05, 3.63) is 40.0 Å². The number of hydrogen-bond acceptors (Lipinski definition) is 3. The summed E-state index contributed by atoms with van der Waals surface area (Å²) >= 11 is 6.66. The topological polar surface area (TPSA) is 45.2 Å². The molecule has 2 saturated heterocycles. The van der Waals surface area contributed by atoms with Crippen molar-refractivity contribution in [2.24, 2.45) is 0 Å². The third kappa shape index (κ3) is 2.80. The standard InChI is InChI=1S/C21H24ClN3O/c22-20-16-6-1-2-7-18(16)24-19-10-13(8-9-17(19)20)21(26)25-11-14-4-3-5-15(12-25)23-14/h8-10,14-15,23H,1-7,11-12H2. The predicted molar refractivity (Wildman–Crippen MR) is 104 cm³/mol.